The highest BCUT2D eigenvalue weighted by atomic mass is 19.1. The van der Waals surface area contributed by atoms with Crippen molar-refractivity contribution in [2.75, 3.05) is 44.2 Å². The minimum absolute atomic E-state index is 0.268. The van der Waals surface area contributed by atoms with Crippen LogP contribution in [0.4, 0.5) is 10.1 Å². The lowest BCUT2D eigenvalue weighted by molar-refractivity contribution is -0.140. The van der Waals surface area contributed by atoms with E-state index in [9.17, 15) is 18.8 Å². The van der Waals surface area contributed by atoms with Crippen molar-refractivity contribution in [2.45, 2.75) is 0 Å². The van der Waals surface area contributed by atoms with Crippen LogP contribution in [0.15, 0.2) is 54.6 Å². The first-order valence-corrected chi connectivity index (χ1v) is 9.30. The quantitative estimate of drug-likeness (QED) is 0.709. The summed E-state index contributed by atoms with van der Waals surface area (Å²) < 4.78 is 19.1. The molecule has 29 heavy (non-hydrogen) atoms. The SMILES string of the molecule is O=C(COc1ccccc1)C(=O)NCC(=O)N1CCN(c2ccccc2F)CC1. The third-order valence-electron chi connectivity index (χ3n) is 4.59. The summed E-state index contributed by atoms with van der Waals surface area (Å²) in [6.07, 6.45) is 0. The number of carbonyl (C=O) groups is 3. The van der Waals surface area contributed by atoms with E-state index in [2.05, 4.69) is 5.32 Å². The zero-order valence-electron chi connectivity index (χ0n) is 15.8. The van der Waals surface area contributed by atoms with Crippen LogP contribution in [0.25, 0.3) is 0 Å². The lowest BCUT2D eigenvalue weighted by Gasteiger charge is -2.36. The number of halogens is 1. The molecule has 1 saturated heterocycles. The second-order valence-electron chi connectivity index (χ2n) is 6.53. The molecule has 0 bridgehead atoms. The predicted molar refractivity (Wildman–Crippen MR) is 105 cm³/mol. The lowest BCUT2D eigenvalue weighted by atomic mass is 10.2. The fraction of sp³-hybridized carbons (Fsp3) is 0.286. The molecule has 0 saturated carbocycles. The summed E-state index contributed by atoms with van der Waals surface area (Å²) in [5.74, 6) is -1.72. The van der Waals surface area contributed by atoms with Crippen LogP contribution in [0.2, 0.25) is 0 Å². The van der Waals surface area contributed by atoms with Crippen molar-refractivity contribution in [1.82, 2.24) is 10.2 Å². The molecule has 1 N–H and O–H groups in total. The van der Waals surface area contributed by atoms with E-state index in [-0.39, 0.29) is 18.3 Å². The standard InChI is InChI=1S/C21H22FN3O4/c22-17-8-4-5-9-18(17)24-10-12-25(13-11-24)20(27)14-23-21(28)19(26)15-29-16-6-2-1-3-7-16/h1-9H,10-15H2,(H,23,28). The smallest absolute Gasteiger partial charge is 0.291 e. The maximum atomic E-state index is 13.9. The summed E-state index contributed by atoms with van der Waals surface area (Å²) in [7, 11) is 0. The number of hydrogen-bond acceptors (Lipinski definition) is 5. The van der Waals surface area contributed by atoms with Gasteiger partial charge in [0.25, 0.3) is 11.7 Å². The van der Waals surface area contributed by atoms with Crippen LogP contribution in [0.5, 0.6) is 5.75 Å². The van der Waals surface area contributed by atoms with Gasteiger partial charge in [0.05, 0.1) is 12.2 Å². The molecule has 2 amide bonds. The van der Waals surface area contributed by atoms with Gasteiger partial charge in [-0.05, 0) is 24.3 Å². The van der Waals surface area contributed by atoms with Crippen LogP contribution >= 0.6 is 0 Å². The molecular weight excluding hydrogens is 377 g/mol. The Morgan fingerprint density at radius 2 is 1.59 bits per heavy atom. The van der Waals surface area contributed by atoms with E-state index in [4.69, 9.17) is 4.74 Å². The number of rotatable bonds is 7. The van der Waals surface area contributed by atoms with Gasteiger partial charge in [0, 0.05) is 26.2 Å². The van der Waals surface area contributed by atoms with Crippen LogP contribution in [0, 0.1) is 5.82 Å². The molecule has 1 aliphatic heterocycles. The van der Waals surface area contributed by atoms with Gasteiger partial charge in [-0.3, -0.25) is 14.4 Å². The number of Topliss-reactive ketones (excluding diaryl/α,β-unsaturated/α-hetero) is 1. The van der Waals surface area contributed by atoms with Gasteiger partial charge < -0.3 is 19.9 Å². The van der Waals surface area contributed by atoms with Gasteiger partial charge in [0.15, 0.2) is 6.61 Å². The molecule has 1 aliphatic rings. The number of nitrogens with zero attached hydrogens (tertiary/aromatic N) is 2. The molecule has 0 atom stereocenters. The van der Waals surface area contributed by atoms with Gasteiger partial charge in [0.1, 0.15) is 11.6 Å². The van der Waals surface area contributed by atoms with Gasteiger partial charge in [-0.25, -0.2) is 4.39 Å². The van der Waals surface area contributed by atoms with Crippen molar-refractivity contribution in [3.8, 4) is 5.75 Å². The monoisotopic (exact) mass is 399 g/mol. The van der Waals surface area contributed by atoms with E-state index in [0.717, 1.165) is 0 Å². The lowest BCUT2D eigenvalue weighted by Crippen LogP contribution is -2.52. The summed E-state index contributed by atoms with van der Waals surface area (Å²) in [4.78, 5) is 39.5. The van der Waals surface area contributed by atoms with Gasteiger partial charge in [-0.1, -0.05) is 30.3 Å². The van der Waals surface area contributed by atoms with Crippen LogP contribution in [0.3, 0.4) is 0 Å². The molecular formula is C21H22FN3O4. The Labute approximate surface area is 168 Å². The Morgan fingerprint density at radius 1 is 0.931 bits per heavy atom. The molecule has 3 rings (SSSR count). The summed E-state index contributed by atoms with van der Waals surface area (Å²) in [6, 6.07) is 15.2. The van der Waals surface area contributed by atoms with E-state index in [1.807, 2.05) is 11.0 Å². The molecule has 8 heteroatoms. The third-order valence-corrected chi connectivity index (χ3v) is 4.59. The van der Waals surface area contributed by atoms with E-state index in [1.165, 1.54) is 6.07 Å². The summed E-state index contributed by atoms with van der Waals surface area (Å²) in [5.41, 5.74) is 0.511. The second-order valence-corrected chi connectivity index (χ2v) is 6.53. The first-order chi connectivity index (χ1) is 14.0. The van der Waals surface area contributed by atoms with Gasteiger partial charge >= 0.3 is 0 Å². The predicted octanol–water partition coefficient (Wildman–Crippen LogP) is 1.24. The minimum atomic E-state index is -0.862. The number of amides is 2. The number of anilines is 1. The van der Waals surface area contributed by atoms with E-state index >= 15 is 0 Å². The van der Waals surface area contributed by atoms with Crippen molar-refractivity contribution >= 4 is 23.3 Å². The molecule has 0 aromatic heterocycles. The molecule has 0 radical (unpaired) electrons. The largest absolute Gasteiger partial charge is 0.485 e. The van der Waals surface area contributed by atoms with E-state index < -0.39 is 18.3 Å². The topological polar surface area (TPSA) is 78.9 Å². The first-order valence-electron chi connectivity index (χ1n) is 9.30. The maximum absolute atomic E-state index is 13.9. The van der Waals surface area contributed by atoms with Crippen LogP contribution < -0.4 is 15.0 Å². The first kappa shape index (κ1) is 20.3. The normalized spacial score (nSPS) is 13.7. The average Bonchev–Trinajstić information content (AvgIpc) is 2.76. The molecule has 152 valence electrons. The molecule has 0 spiro atoms. The highest BCUT2D eigenvalue weighted by Crippen LogP contribution is 2.20. The number of benzene rings is 2. The number of hydrogen-bond donors (Lipinski definition) is 1. The number of ether oxygens (including phenoxy) is 1. The molecule has 0 aliphatic carbocycles. The fourth-order valence-electron chi connectivity index (χ4n) is 3.00. The Kier molecular flexibility index (Phi) is 6.78. The molecule has 1 fully saturated rings. The van der Waals surface area contributed by atoms with E-state index in [0.29, 0.717) is 37.6 Å². The Hall–Kier alpha value is -3.42. The Balaban J connectivity index is 1.40. The number of ketones is 1. The highest BCUT2D eigenvalue weighted by molar-refractivity contribution is 6.37. The maximum Gasteiger partial charge on any atom is 0.291 e. The number of carbonyl (C=O) groups excluding carboxylic acids is 3. The summed E-state index contributed by atoms with van der Waals surface area (Å²) in [6.45, 7) is 1.14. The zero-order valence-corrected chi connectivity index (χ0v) is 15.8. The van der Waals surface area contributed by atoms with Crippen molar-refractivity contribution in [3.05, 3.63) is 60.4 Å². The molecule has 2 aromatic rings. The molecule has 0 unspecified atom stereocenters. The van der Waals surface area contributed by atoms with Gasteiger partial charge in [-0.2, -0.15) is 0 Å². The van der Waals surface area contributed by atoms with Gasteiger partial charge in [0.2, 0.25) is 5.91 Å². The van der Waals surface area contributed by atoms with Crippen LogP contribution in [-0.2, 0) is 14.4 Å². The molecule has 1 heterocycles. The number of para-hydroxylation sites is 2. The van der Waals surface area contributed by atoms with Crippen molar-refractivity contribution < 1.29 is 23.5 Å². The highest BCUT2D eigenvalue weighted by Gasteiger charge is 2.23. The van der Waals surface area contributed by atoms with Crippen LogP contribution in [-0.4, -0.2) is 61.8 Å². The Bertz CT molecular complexity index is 867. The molecule has 7 nitrogen and oxygen atoms in total. The second kappa shape index (κ2) is 9.68. The summed E-state index contributed by atoms with van der Waals surface area (Å²) in [5, 5.41) is 2.33. The van der Waals surface area contributed by atoms with Crippen LogP contribution in [0.1, 0.15) is 0 Å². The average molecular weight is 399 g/mol. The van der Waals surface area contributed by atoms with E-state index in [1.54, 1.807) is 47.4 Å². The fourth-order valence-corrected chi connectivity index (χ4v) is 3.00. The Morgan fingerprint density at radius 3 is 2.28 bits per heavy atom. The van der Waals surface area contributed by atoms with Gasteiger partial charge in [-0.15, -0.1) is 0 Å². The van der Waals surface area contributed by atoms with Crippen molar-refractivity contribution in [1.29, 1.82) is 0 Å². The zero-order chi connectivity index (χ0) is 20.6. The van der Waals surface area contributed by atoms with Crippen molar-refractivity contribution in [3.63, 3.8) is 0 Å². The number of nitrogens with one attached hydrogen (secondary N) is 1. The molecule has 2 aromatic carbocycles. The summed E-state index contributed by atoms with van der Waals surface area (Å²) >= 11 is 0. The minimum Gasteiger partial charge on any atom is -0.485 e. The third kappa shape index (κ3) is 5.54. The van der Waals surface area contributed by atoms with Crippen molar-refractivity contribution in [2.24, 2.45) is 0 Å². The number of piperazine rings is 1.